The Morgan fingerprint density at radius 1 is 1.26 bits per heavy atom. The van der Waals surface area contributed by atoms with Crippen molar-refractivity contribution in [3.8, 4) is 0 Å². The van der Waals surface area contributed by atoms with Gasteiger partial charge in [0.05, 0.1) is 0 Å². The van der Waals surface area contributed by atoms with Gasteiger partial charge in [0, 0.05) is 57.9 Å². The van der Waals surface area contributed by atoms with Crippen molar-refractivity contribution in [3.63, 3.8) is 0 Å². The van der Waals surface area contributed by atoms with Gasteiger partial charge in [-0.25, -0.2) is 4.98 Å². The molecule has 2 heterocycles. The molecule has 0 aliphatic heterocycles. The first-order valence-corrected chi connectivity index (χ1v) is 8.55. The monoisotopic (exact) mass is 331 g/mol. The Morgan fingerprint density at radius 3 is 2.74 bits per heavy atom. The highest BCUT2D eigenvalue weighted by atomic mass is 32.1. The van der Waals surface area contributed by atoms with Gasteiger partial charge in [-0.2, -0.15) is 0 Å². The summed E-state index contributed by atoms with van der Waals surface area (Å²) in [6, 6.07) is 8.33. The highest BCUT2D eigenvalue weighted by molar-refractivity contribution is 7.09. The van der Waals surface area contributed by atoms with Gasteiger partial charge in [-0.3, -0.25) is 4.99 Å². The predicted molar refractivity (Wildman–Crippen MR) is 99.4 cm³/mol. The molecule has 23 heavy (non-hydrogen) atoms. The zero-order valence-electron chi connectivity index (χ0n) is 14.3. The van der Waals surface area contributed by atoms with Gasteiger partial charge < -0.3 is 15.1 Å². The number of pyridine rings is 1. The van der Waals surface area contributed by atoms with Gasteiger partial charge in [-0.05, 0) is 23.9 Å². The largest absolute Gasteiger partial charge is 0.362 e. The molecule has 0 amide bonds. The number of aromatic nitrogens is 1. The van der Waals surface area contributed by atoms with Crippen LogP contribution in [0.4, 0.5) is 5.82 Å². The van der Waals surface area contributed by atoms with E-state index in [9.17, 15) is 0 Å². The van der Waals surface area contributed by atoms with E-state index < -0.39 is 0 Å². The van der Waals surface area contributed by atoms with Crippen LogP contribution in [0.5, 0.6) is 0 Å². The predicted octanol–water partition coefficient (Wildman–Crippen LogP) is 2.46. The maximum Gasteiger partial charge on any atom is 0.193 e. The second-order valence-corrected chi connectivity index (χ2v) is 6.56. The number of nitrogens with one attached hydrogen (secondary N) is 1. The lowest BCUT2D eigenvalue weighted by atomic mass is 10.2. The van der Waals surface area contributed by atoms with Crippen LogP contribution in [0.25, 0.3) is 0 Å². The Kier molecular flexibility index (Phi) is 6.40. The summed E-state index contributed by atoms with van der Waals surface area (Å²) in [4.78, 5) is 14.4. The SMILES string of the molecule is CN=C(NCc1cccnc1N(C)C)N(C)CCc1cccs1. The molecule has 0 atom stereocenters. The number of hydrogen-bond acceptors (Lipinski definition) is 4. The lowest BCUT2D eigenvalue weighted by Crippen LogP contribution is -2.39. The summed E-state index contributed by atoms with van der Waals surface area (Å²) >= 11 is 1.80. The van der Waals surface area contributed by atoms with Crippen molar-refractivity contribution in [1.82, 2.24) is 15.2 Å². The molecule has 0 unspecified atom stereocenters. The number of thiophene rings is 1. The Labute approximate surface area is 142 Å². The topological polar surface area (TPSA) is 43.8 Å². The fourth-order valence-corrected chi connectivity index (χ4v) is 3.07. The molecule has 0 aromatic carbocycles. The zero-order valence-corrected chi connectivity index (χ0v) is 15.1. The summed E-state index contributed by atoms with van der Waals surface area (Å²) in [6.07, 6.45) is 2.85. The number of aliphatic imine (C=N–C) groups is 1. The standard InChI is InChI=1S/C17H25N5S/c1-18-17(22(4)11-9-15-8-6-12-23-15)20-13-14-7-5-10-19-16(14)21(2)3/h5-8,10,12H,9,11,13H2,1-4H3,(H,18,20). The van der Waals surface area contributed by atoms with Crippen LogP contribution in [0.1, 0.15) is 10.4 Å². The first-order valence-electron chi connectivity index (χ1n) is 7.67. The van der Waals surface area contributed by atoms with Crippen molar-refractivity contribution < 1.29 is 0 Å². The average molecular weight is 331 g/mol. The van der Waals surface area contributed by atoms with Crippen LogP contribution in [0.3, 0.4) is 0 Å². The van der Waals surface area contributed by atoms with Gasteiger partial charge in [0.1, 0.15) is 5.82 Å². The molecule has 6 heteroatoms. The fraction of sp³-hybridized carbons (Fsp3) is 0.412. The quantitative estimate of drug-likeness (QED) is 0.652. The van der Waals surface area contributed by atoms with E-state index in [1.165, 1.54) is 4.88 Å². The summed E-state index contributed by atoms with van der Waals surface area (Å²) in [5, 5.41) is 5.54. The molecular weight excluding hydrogens is 306 g/mol. The maximum absolute atomic E-state index is 4.43. The van der Waals surface area contributed by atoms with E-state index in [0.717, 1.165) is 30.3 Å². The molecule has 0 bridgehead atoms. The minimum absolute atomic E-state index is 0.706. The smallest absolute Gasteiger partial charge is 0.193 e. The van der Waals surface area contributed by atoms with Gasteiger partial charge in [0.25, 0.3) is 0 Å². The van der Waals surface area contributed by atoms with E-state index >= 15 is 0 Å². The molecule has 2 aromatic rings. The molecule has 0 fully saturated rings. The molecular formula is C17H25N5S. The van der Waals surface area contributed by atoms with Gasteiger partial charge in [-0.15, -0.1) is 11.3 Å². The highest BCUT2D eigenvalue weighted by Gasteiger charge is 2.09. The number of nitrogens with zero attached hydrogens (tertiary/aromatic N) is 4. The van der Waals surface area contributed by atoms with Crippen molar-refractivity contribution >= 4 is 23.1 Å². The van der Waals surface area contributed by atoms with Crippen molar-refractivity contribution in [3.05, 3.63) is 46.3 Å². The zero-order chi connectivity index (χ0) is 16.7. The molecule has 0 spiro atoms. The maximum atomic E-state index is 4.43. The summed E-state index contributed by atoms with van der Waals surface area (Å²) in [6.45, 7) is 1.64. The van der Waals surface area contributed by atoms with Crippen LogP contribution in [0.15, 0.2) is 40.8 Å². The van der Waals surface area contributed by atoms with Gasteiger partial charge in [0.15, 0.2) is 5.96 Å². The molecule has 2 aromatic heterocycles. The Morgan fingerprint density at radius 2 is 2.09 bits per heavy atom. The third-order valence-electron chi connectivity index (χ3n) is 3.58. The molecule has 5 nitrogen and oxygen atoms in total. The number of likely N-dealkylation sites (N-methyl/N-ethyl adjacent to an activating group) is 1. The lowest BCUT2D eigenvalue weighted by Gasteiger charge is -2.23. The van der Waals surface area contributed by atoms with Crippen LogP contribution < -0.4 is 10.2 Å². The third kappa shape index (κ3) is 4.96. The van der Waals surface area contributed by atoms with E-state index in [4.69, 9.17) is 0 Å². The first kappa shape index (κ1) is 17.3. The van der Waals surface area contributed by atoms with Crippen LogP contribution >= 0.6 is 11.3 Å². The molecule has 0 saturated carbocycles. The lowest BCUT2D eigenvalue weighted by molar-refractivity contribution is 0.486. The summed E-state index contributed by atoms with van der Waals surface area (Å²) < 4.78 is 0. The summed E-state index contributed by atoms with van der Waals surface area (Å²) in [5.74, 6) is 1.88. The van der Waals surface area contributed by atoms with Crippen molar-refractivity contribution in [2.24, 2.45) is 4.99 Å². The number of guanidine groups is 1. The third-order valence-corrected chi connectivity index (χ3v) is 4.51. The van der Waals surface area contributed by atoms with Crippen LogP contribution in [0.2, 0.25) is 0 Å². The van der Waals surface area contributed by atoms with Crippen molar-refractivity contribution in [2.45, 2.75) is 13.0 Å². The Balaban J connectivity index is 1.92. The van der Waals surface area contributed by atoms with E-state index in [2.05, 4.69) is 50.8 Å². The Hall–Kier alpha value is -2.08. The van der Waals surface area contributed by atoms with E-state index in [1.54, 1.807) is 11.3 Å². The number of anilines is 1. The molecule has 0 aliphatic rings. The number of hydrogen-bond donors (Lipinski definition) is 1. The molecule has 0 saturated heterocycles. The average Bonchev–Trinajstić information content (AvgIpc) is 3.07. The minimum atomic E-state index is 0.706. The number of rotatable bonds is 6. The van der Waals surface area contributed by atoms with Gasteiger partial charge in [0.2, 0.25) is 0 Å². The second-order valence-electron chi connectivity index (χ2n) is 5.53. The van der Waals surface area contributed by atoms with Gasteiger partial charge in [-0.1, -0.05) is 12.1 Å². The summed E-state index contributed by atoms with van der Waals surface area (Å²) in [7, 11) is 7.90. The molecule has 0 radical (unpaired) electrons. The Bertz CT molecular complexity index is 622. The van der Waals surface area contributed by atoms with Crippen LogP contribution in [-0.2, 0) is 13.0 Å². The van der Waals surface area contributed by atoms with Crippen molar-refractivity contribution in [1.29, 1.82) is 0 Å². The van der Waals surface area contributed by atoms with Crippen LogP contribution in [0, 0.1) is 0 Å². The molecule has 124 valence electrons. The van der Waals surface area contributed by atoms with E-state index in [0.29, 0.717) is 6.54 Å². The molecule has 0 aliphatic carbocycles. The normalized spacial score (nSPS) is 11.4. The van der Waals surface area contributed by atoms with Gasteiger partial charge >= 0.3 is 0 Å². The fourth-order valence-electron chi connectivity index (χ4n) is 2.37. The highest BCUT2D eigenvalue weighted by Crippen LogP contribution is 2.14. The minimum Gasteiger partial charge on any atom is -0.362 e. The van der Waals surface area contributed by atoms with E-state index in [1.807, 2.05) is 38.3 Å². The summed E-state index contributed by atoms with van der Waals surface area (Å²) in [5.41, 5.74) is 1.16. The first-order chi connectivity index (χ1) is 11.1. The molecule has 2 rings (SSSR count). The second kappa shape index (κ2) is 8.53. The van der Waals surface area contributed by atoms with E-state index in [-0.39, 0.29) is 0 Å². The molecule has 1 N–H and O–H groups in total. The van der Waals surface area contributed by atoms with Crippen molar-refractivity contribution in [2.75, 3.05) is 39.6 Å². The van der Waals surface area contributed by atoms with Crippen LogP contribution in [-0.4, -0.2) is 50.6 Å².